The minimum Gasteiger partial charge on any atom is -0.330 e. The summed E-state index contributed by atoms with van der Waals surface area (Å²) in [5.41, 5.74) is 0.965. The van der Waals surface area contributed by atoms with Crippen LogP contribution in [-0.2, 0) is 6.54 Å². The van der Waals surface area contributed by atoms with Gasteiger partial charge >= 0.3 is 0 Å². The van der Waals surface area contributed by atoms with Crippen LogP contribution in [0.15, 0.2) is 37.1 Å². The van der Waals surface area contributed by atoms with Crippen LogP contribution in [0.2, 0.25) is 0 Å². The third-order valence-electron chi connectivity index (χ3n) is 1.96. The Labute approximate surface area is 88.4 Å². The average molecular weight is 197 g/mol. The highest BCUT2D eigenvalue weighted by molar-refractivity contribution is 6.32. The van der Waals surface area contributed by atoms with Crippen LogP contribution in [0, 0.1) is 0 Å². The van der Waals surface area contributed by atoms with E-state index in [1.54, 1.807) is 35.4 Å². The molecule has 0 saturated carbocycles. The number of aromatic nitrogens is 3. The minimum atomic E-state index is -0.0620. The van der Waals surface area contributed by atoms with Crippen LogP contribution in [0.3, 0.4) is 0 Å². The lowest BCUT2D eigenvalue weighted by molar-refractivity contribution is 0.0967. The monoisotopic (exact) mass is 197 g/mol. The molecule has 0 aliphatic rings. The van der Waals surface area contributed by atoms with Crippen molar-refractivity contribution in [2.24, 2.45) is 0 Å². The van der Waals surface area contributed by atoms with Gasteiger partial charge in [0.1, 0.15) is 13.5 Å². The Morgan fingerprint density at radius 3 is 2.93 bits per heavy atom. The number of carbonyl (C=O) groups is 1. The second-order valence-electron chi connectivity index (χ2n) is 3.13. The maximum Gasteiger partial charge on any atom is 0.200 e. The van der Waals surface area contributed by atoms with Crippen LogP contribution < -0.4 is 5.46 Å². The Bertz CT molecular complexity index is 450. The summed E-state index contributed by atoms with van der Waals surface area (Å²) in [5.74, 6) is -0.0620. The van der Waals surface area contributed by atoms with Gasteiger partial charge in [-0.15, -0.1) is 0 Å². The minimum absolute atomic E-state index is 0.0620. The molecule has 2 aromatic heterocycles. The van der Waals surface area contributed by atoms with Gasteiger partial charge in [0.15, 0.2) is 0 Å². The van der Waals surface area contributed by atoms with Gasteiger partial charge in [-0.25, -0.2) is 4.98 Å². The quantitative estimate of drug-likeness (QED) is 0.512. The molecular weight excluding hydrogens is 189 g/mol. The Morgan fingerprint density at radius 1 is 1.47 bits per heavy atom. The summed E-state index contributed by atoms with van der Waals surface area (Å²) in [6, 6.07) is 3.28. The molecule has 2 heterocycles. The van der Waals surface area contributed by atoms with Crippen LogP contribution >= 0.6 is 0 Å². The smallest absolute Gasteiger partial charge is 0.200 e. The van der Waals surface area contributed by atoms with Crippen LogP contribution in [0.4, 0.5) is 0 Å². The van der Waals surface area contributed by atoms with Gasteiger partial charge in [-0.2, -0.15) is 0 Å². The van der Waals surface area contributed by atoms with E-state index in [1.807, 2.05) is 0 Å². The molecule has 0 aliphatic heterocycles. The van der Waals surface area contributed by atoms with E-state index in [0.717, 1.165) is 0 Å². The number of imidazole rings is 1. The van der Waals surface area contributed by atoms with E-state index in [4.69, 9.17) is 7.85 Å². The molecule has 0 aliphatic carbocycles. The second-order valence-corrected chi connectivity index (χ2v) is 3.13. The van der Waals surface area contributed by atoms with Gasteiger partial charge in [0.05, 0.1) is 12.9 Å². The first-order valence-corrected chi connectivity index (χ1v) is 4.46. The van der Waals surface area contributed by atoms with Crippen molar-refractivity contribution in [1.82, 2.24) is 14.5 Å². The summed E-state index contributed by atoms with van der Waals surface area (Å²) < 4.78 is 1.69. The van der Waals surface area contributed by atoms with Crippen molar-refractivity contribution in [2.45, 2.75) is 6.54 Å². The Hall–Kier alpha value is -1.91. The molecule has 0 atom stereocenters. The first-order chi connectivity index (χ1) is 7.25. The van der Waals surface area contributed by atoms with Gasteiger partial charge in [0.25, 0.3) is 0 Å². The molecule has 72 valence electrons. The van der Waals surface area contributed by atoms with Gasteiger partial charge in [-0.05, 0) is 6.07 Å². The van der Waals surface area contributed by atoms with Gasteiger partial charge in [0.2, 0.25) is 5.78 Å². The third-order valence-corrected chi connectivity index (χ3v) is 1.96. The fourth-order valence-electron chi connectivity index (χ4n) is 1.20. The molecule has 0 amide bonds. The van der Waals surface area contributed by atoms with Crippen molar-refractivity contribution in [2.75, 3.05) is 0 Å². The molecule has 15 heavy (non-hydrogen) atoms. The van der Waals surface area contributed by atoms with Gasteiger partial charge in [-0.3, -0.25) is 9.78 Å². The predicted molar refractivity (Wildman–Crippen MR) is 56.2 cm³/mol. The summed E-state index contributed by atoms with van der Waals surface area (Å²) in [5, 5.41) is 0. The van der Waals surface area contributed by atoms with Crippen LogP contribution in [-0.4, -0.2) is 28.2 Å². The highest BCUT2D eigenvalue weighted by Crippen LogP contribution is 1.97. The number of ketones is 1. The van der Waals surface area contributed by atoms with Gasteiger partial charge in [-0.1, -0.05) is 11.5 Å². The van der Waals surface area contributed by atoms with Crippen LogP contribution in [0.1, 0.15) is 10.5 Å². The topological polar surface area (TPSA) is 47.8 Å². The third kappa shape index (κ3) is 2.31. The lowest BCUT2D eigenvalue weighted by atomic mass is 9.98. The van der Waals surface area contributed by atoms with E-state index < -0.39 is 0 Å². The average Bonchev–Trinajstić information content (AvgIpc) is 2.71. The van der Waals surface area contributed by atoms with Crippen molar-refractivity contribution in [3.05, 3.63) is 42.7 Å². The van der Waals surface area contributed by atoms with E-state index in [0.29, 0.717) is 11.2 Å². The molecule has 2 radical (unpaired) electrons. The molecule has 0 spiro atoms. The van der Waals surface area contributed by atoms with Crippen LogP contribution in [0.5, 0.6) is 0 Å². The number of pyridine rings is 1. The highest BCUT2D eigenvalue weighted by atomic mass is 16.1. The molecule has 0 saturated heterocycles. The van der Waals surface area contributed by atoms with E-state index in [1.165, 1.54) is 6.20 Å². The lowest BCUT2D eigenvalue weighted by Gasteiger charge is -2.01. The summed E-state index contributed by atoms with van der Waals surface area (Å²) in [4.78, 5) is 19.5. The number of hydrogen-bond acceptors (Lipinski definition) is 3. The van der Waals surface area contributed by atoms with Crippen molar-refractivity contribution in [3.63, 3.8) is 0 Å². The molecule has 5 heteroatoms. The van der Waals surface area contributed by atoms with Crippen molar-refractivity contribution < 1.29 is 4.79 Å². The van der Waals surface area contributed by atoms with Gasteiger partial charge < -0.3 is 4.57 Å². The molecule has 0 fully saturated rings. The molecule has 0 aromatic carbocycles. The number of carbonyl (C=O) groups excluding carboxylic acids is 1. The summed E-state index contributed by atoms with van der Waals surface area (Å²) in [6.07, 6.45) is 6.43. The predicted octanol–water partition coefficient (Wildman–Crippen LogP) is -0.0452. The zero-order valence-corrected chi connectivity index (χ0v) is 8.00. The molecule has 2 rings (SSSR count). The standard InChI is InChI=1S/C10H8BN3O/c11-8-1-2-9(13-5-8)10(15)6-14-4-3-12-7-14/h1-5,7H,6H2. The summed E-state index contributed by atoms with van der Waals surface area (Å²) >= 11 is 0. The number of hydrogen-bond donors (Lipinski definition) is 0. The molecular formula is C10H8BN3O. The molecule has 4 nitrogen and oxygen atoms in total. The number of nitrogens with zero attached hydrogens (tertiary/aromatic N) is 3. The Morgan fingerprint density at radius 2 is 2.33 bits per heavy atom. The normalized spacial score (nSPS) is 10.1. The molecule has 2 aromatic rings. The van der Waals surface area contributed by atoms with E-state index in [-0.39, 0.29) is 12.3 Å². The maximum absolute atomic E-state index is 11.7. The number of Topliss-reactive ketones (excluding diaryl/α,β-unsaturated/α-hetero) is 1. The van der Waals surface area contributed by atoms with E-state index >= 15 is 0 Å². The first kappa shape index (κ1) is 9.64. The molecule has 0 N–H and O–H groups in total. The van der Waals surface area contributed by atoms with Crippen molar-refractivity contribution >= 4 is 19.1 Å². The number of rotatable bonds is 3. The fourth-order valence-corrected chi connectivity index (χ4v) is 1.20. The van der Waals surface area contributed by atoms with Crippen LogP contribution in [0.25, 0.3) is 0 Å². The van der Waals surface area contributed by atoms with Crippen molar-refractivity contribution in [1.29, 1.82) is 0 Å². The van der Waals surface area contributed by atoms with Crippen molar-refractivity contribution in [3.8, 4) is 0 Å². The fraction of sp³-hybridized carbons (Fsp3) is 0.100. The maximum atomic E-state index is 11.7. The molecule has 0 unspecified atom stereocenters. The highest BCUT2D eigenvalue weighted by Gasteiger charge is 2.06. The molecule has 0 bridgehead atoms. The SMILES string of the molecule is [B]c1ccc(C(=O)Cn2ccnc2)nc1. The van der Waals surface area contributed by atoms with E-state index in [2.05, 4.69) is 9.97 Å². The summed E-state index contributed by atoms with van der Waals surface area (Å²) in [6.45, 7) is 0.247. The Balaban J connectivity index is 2.11. The summed E-state index contributed by atoms with van der Waals surface area (Å²) in [7, 11) is 5.47. The van der Waals surface area contributed by atoms with E-state index in [9.17, 15) is 4.79 Å². The Kier molecular flexibility index (Phi) is 2.62. The zero-order valence-electron chi connectivity index (χ0n) is 8.00. The largest absolute Gasteiger partial charge is 0.330 e. The zero-order chi connectivity index (χ0) is 10.7. The second kappa shape index (κ2) is 4.08. The lowest BCUT2D eigenvalue weighted by Crippen LogP contribution is -2.13. The first-order valence-electron chi connectivity index (χ1n) is 4.46. The van der Waals surface area contributed by atoms with Gasteiger partial charge in [0, 0.05) is 18.6 Å².